The number of phosphoric acid groups is 1. The van der Waals surface area contributed by atoms with Crippen molar-refractivity contribution in [3.8, 4) is 0 Å². The van der Waals surface area contributed by atoms with E-state index < -0.39 is 15.1 Å². The maximum absolute atomic E-state index is 10.4. The Hall–Kier alpha value is 0.540. The summed E-state index contributed by atoms with van der Waals surface area (Å²) in [6.07, 6.45) is 31.4. The summed E-state index contributed by atoms with van der Waals surface area (Å²) < 4.78 is 18.9. The summed E-state index contributed by atoms with van der Waals surface area (Å²) in [6, 6.07) is 0. The highest BCUT2D eigenvalue weighted by molar-refractivity contribution is 7.75. The van der Waals surface area contributed by atoms with Crippen molar-refractivity contribution in [2.24, 2.45) is 0 Å². The lowest BCUT2D eigenvalue weighted by atomic mass is 10.0. The van der Waals surface area contributed by atoms with Gasteiger partial charge in [0.15, 0.2) is 0 Å². The quantitative estimate of drug-likeness (QED) is 0.0857. The normalized spacial score (nSPS) is 12.0. The van der Waals surface area contributed by atoms with E-state index in [-0.39, 0.29) is 13.2 Å². The summed E-state index contributed by atoms with van der Waals surface area (Å²) in [5, 5.41) is 0. The van der Waals surface area contributed by atoms with E-state index in [4.69, 9.17) is 0 Å². The van der Waals surface area contributed by atoms with Crippen LogP contribution in [-0.4, -0.2) is 37.9 Å². The molecule has 0 spiro atoms. The lowest BCUT2D eigenvalue weighted by molar-refractivity contribution is -0.224. The van der Waals surface area contributed by atoms with Crippen molar-refractivity contribution in [3.05, 3.63) is 0 Å². The Balaban J connectivity index is 0. The molecule has 0 rings (SSSR count). The maximum atomic E-state index is 10.4. The number of hydrogen-bond donors (Lipinski definition) is 0. The Kier molecular flexibility index (Phi) is 29.7. The zero-order chi connectivity index (χ0) is 26.7. The second-order valence-corrected chi connectivity index (χ2v) is 16.0. The largest absolute Gasteiger partial charge is 0.756 e. The van der Waals surface area contributed by atoms with Gasteiger partial charge in [-0.3, -0.25) is 4.57 Å². The van der Waals surface area contributed by atoms with Crippen LogP contribution in [0.4, 0.5) is 0 Å². The SMILES string of the molecule is CCCCCCCCCCCCCCCC[P+](CCC)(CCC)CCC.CCOP(=O)([O-])OCC. The molecule has 0 saturated carbocycles. The van der Waals surface area contributed by atoms with Crippen molar-refractivity contribution in [1.82, 2.24) is 0 Å². The number of unbranched alkanes of at least 4 members (excludes halogenated alkanes) is 13. The highest BCUT2D eigenvalue weighted by Crippen LogP contribution is 2.60. The van der Waals surface area contributed by atoms with Gasteiger partial charge in [-0.1, -0.05) is 105 Å². The molecule has 0 aliphatic carbocycles. The summed E-state index contributed by atoms with van der Waals surface area (Å²) in [7, 11) is -4.52. The monoisotopic (exact) mass is 538 g/mol. The first-order valence-corrected chi connectivity index (χ1v) is 19.3. The fraction of sp³-hybridized carbons (Fsp3) is 1.00. The number of hydrogen-bond acceptors (Lipinski definition) is 4. The Morgan fingerprint density at radius 1 is 0.486 bits per heavy atom. The van der Waals surface area contributed by atoms with Crippen LogP contribution < -0.4 is 4.89 Å². The molecule has 0 aliphatic heterocycles. The molecule has 0 amide bonds. The Morgan fingerprint density at radius 2 is 0.800 bits per heavy atom. The van der Waals surface area contributed by atoms with Crippen LogP contribution >= 0.6 is 15.1 Å². The number of rotatable bonds is 25. The molecule has 35 heavy (non-hydrogen) atoms. The third-order valence-corrected chi connectivity index (χ3v) is 13.3. The van der Waals surface area contributed by atoms with Gasteiger partial charge in [0.1, 0.15) is 0 Å². The predicted octanol–water partition coefficient (Wildman–Crippen LogP) is 10.2. The summed E-state index contributed by atoms with van der Waals surface area (Å²) in [4.78, 5) is 10.4. The molecule has 214 valence electrons. The van der Waals surface area contributed by atoms with Crippen LogP contribution in [0.5, 0.6) is 0 Å². The van der Waals surface area contributed by atoms with Crippen LogP contribution in [0.25, 0.3) is 0 Å². The summed E-state index contributed by atoms with van der Waals surface area (Å²) in [6.45, 7) is 13.0. The molecule has 0 unspecified atom stereocenters. The van der Waals surface area contributed by atoms with Crippen LogP contribution in [0.3, 0.4) is 0 Å². The molecular formula is C29H64O4P2. The van der Waals surface area contributed by atoms with Crippen molar-refractivity contribution in [2.75, 3.05) is 37.9 Å². The fourth-order valence-corrected chi connectivity index (χ4v) is 10.9. The van der Waals surface area contributed by atoms with Gasteiger partial charge in [-0.15, -0.1) is 0 Å². The molecule has 0 bridgehead atoms. The van der Waals surface area contributed by atoms with Gasteiger partial charge in [-0.25, -0.2) is 0 Å². The molecule has 0 aliphatic rings. The van der Waals surface area contributed by atoms with E-state index in [1.54, 1.807) is 38.5 Å². The van der Waals surface area contributed by atoms with E-state index in [9.17, 15) is 9.46 Å². The van der Waals surface area contributed by atoms with Gasteiger partial charge in [-0.2, -0.15) is 0 Å². The zero-order valence-corrected chi connectivity index (χ0v) is 26.6. The molecule has 0 N–H and O–H groups in total. The standard InChI is InChI=1S/C25H54P.C4H11O4P/c1-5-9-10-11-12-13-14-15-16-17-18-19-20-21-25-26(22-6-2,23-7-3)24-8-4;1-3-7-9(5,6)8-4-2/h5-25H2,1-4H3;3-4H2,1-2H3,(H,5,6)/q+1;/p-1. The molecule has 0 radical (unpaired) electrons. The van der Waals surface area contributed by atoms with Crippen LogP contribution in [0.15, 0.2) is 0 Å². The molecule has 0 aromatic heterocycles. The predicted molar refractivity (Wildman–Crippen MR) is 158 cm³/mol. The molecule has 0 saturated heterocycles. The smallest absolute Gasteiger partial charge is 0.267 e. The van der Waals surface area contributed by atoms with E-state index in [1.807, 2.05) is 0 Å². The minimum absolute atomic E-state index is 0.126. The van der Waals surface area contributed by atoms with Gasteiger partial charge in [-0.05, 0) is 46.0 Å². The fourth-order valence-electron chi connectivity index (χ4n) is 5.09. The van der Waals surface area contributed by atoms with E-state index in [2.05, 4.69) is 36.7 Å². The topological polar surface area (TPSA) is 58.6 Å². The molecule has 0 fully saturated rings. The van der Waals surface area contributed by atoms with E-state index in [0.29, 0.717) is 0 Å². The van der Waals surface area contributed by atoms with Crippen LogP contribution in [-0.2, 0) is 13.6 Å². The number of phosphoric ester groups is 1. The first-order chi connectivity index (χ1) is 16.9. The second-order valence-electron chi connectivity index (χ2n) is 10.1. The average molecular weight is 539 g/mol. The lowest BCUT2D eigenvalue weighted by Gasteiger charge is -2.27. The Labute approximate surface area is 222 Å². The molecule has 0 aromatic rings. The maximum Gasteiger partial charge on any atom is 0.267 e. The van der Waals surface area contributed by atoms with Gasteiger partial charge >= 0.3 is 0 Å². The second kappa shape index (κ2) is 27.6. The summed E-state index contributed by atoms with van der Waals surface area (Å²) in [5.74, 6) is 0. The lowest BCUT2D eigenvalue weighted by Crippen LogP contribution is -2.11. The van der Waals surface area contributed by atoms with Crippen molar-refractivity contribution in [2.45, 2.75) is 151 Å². The summed E-state index contributed by atoms with van der Waals surface area (Å²) >= 11 is 0. The minimum atomic E-state index is -3.94. The molecule has 6 heteroatoms. The van der Waals surface area contributed by atoms with Crippen molar-refractivity contribution < 1.29 is 18.5 Å². The van der Waals surface area contributed by atoms with Gasteiger partial charge in [0.05, 0.1) is 37.9 Å². The first kappa shape index (κ1) is 37.7. The third kappa shape index (κ3) is 26.0. The van der Waals surface area contributed by atoms with Crippen molar-refractivity contribution in [3.63, 3.8) is 0 Å². The van der Waals surface area contributed by atoms with E-state index >= 15 is 0 Å². The zero-order valence-electron chi connectivity index (χ0n) is 24.8. The first-order valence-electron chi connectivity index (χ1n) is 15.3. The Morgan fingerprint density at radius 3 is 1.09 bits per heavy atom. The van der Waals surface area contributed by atoms with E-state index in [0.717, 1.165) is 0 Å². The van der Waals surface area contributed by atoms with Crippen LogP contribution in [0, 0.1) is 0 Å². The molecule has 4 nitrogen and oxygen atoms in total. The molecule has 0 heterocycles. The van der Waals surface area contributed by atoms with Gasteiger partial charge in [0, 0.05) is 7.26 Å². The minimum Gasteiger partial charge on any atom is -0.756 e. The Bertz CT molecular complexity index is 433. The van der Waals surface area contributed by atoms with Gasteiger partial charge < -0.3 is 13.9 Å². The van der Waals surface area contributed by atoms with Crippen molar-refractivity contribution in [1.29, 1.82) is 0 Å². The van der Waals surface area contributed by atoms with Crippen molar-refractivity contribution >= 4 is 15.1 Å². The highest BCUT2D eigenvalue weighted by Gasteiger charge is 2.33. The summed E-state index contributed by atoms with van der Waals surface area (Å²) in [5.41, 5.74) is 0. The highest BCUT2D eigenvalue weighted by atomic mass is 31.2. The van der Waals surface area contributed by atoms with Gasteiger partial charge in [0.2, 0.25) is 0 Å². The third-order valence-electron chi connectivity index (χ3n) is 6.65. The average Bonchev–Trinajstić information content (AvgIpc) is 2.80. The van der Waals surface area contributed by atoms with E-state index in [1.165, 1.54) is 109 Å². The molecule has 0 atom stereocenters. The molecular weight excluding hydrogens is 474 g/mol. The van der Waals surface area contributed by atoms with Gasteiger partial charge in [0.25, 0.3) is 7.82 Å². The van der Waals surface area contributed by atoms with Crippen LogP contribution in [0.1, 0.15) is 151 Å². The molecule has 0 aromatic carbocycles. The van der Waals surface area contributed by atoms with Crippen LogP contribution in [0.2, 0.25) is 0 Å².